The van der Waals surface area contributed by atoms with Crippen molar-refractivity contribution in [3.63, 3.8) is 0 Å². The van der Waals surface area contributed by atoms with Crippen LogP contribution < -0.4 is 16.8 Å². The summed E-state index contributed by atoms with van der Waals surface area (Å²) < 4.78 is 47.0. The first-order chi connectivity index (χ1) is 20.4. The number of carbonyl (C=O) groups excluding carboxylic acids is 2. The Balaban J connectivity index is 0.000000581. The SMILES string of the molecule is CC(N)c1ccccc1.CCOC(=O)CS(C)(=O)=O.C[C@@H](NC(=O)CS(C)(=O)=O)c1ccccc1.C[C@H](N)c1ccccc1. The molecule has 0 heterocycles. The predicted molar refractivity (Wildman–Crippen MR) is 177 cm³/mol. The zero-order valence-corrected chi connectivity index (χ0v) is 28.0. The molecule has 244 valence electrons. The first-order valence-corrected chi connectivity index (χ1v) is 18.0. The smallest absolute Gasteiger partial charge is 0.321 e. The highest BCUT2D eigenvalue weighted by molar-refractivity contribution is 7.91. The standard InChI is InChI=1S/C11H15NO3S.2C8H11N.C5H10O4S/c1-9(10-6-4-3-5-7-10)12-11(13)8-16(2,14)15;2*1-7(9)8-5-3-2-4-6-8;1-3-9-5(6)4-10(2,7)8/h3-7,9H,8H2,1-2H3,(H,12,13);2*2-7H,9H2,1H3;3-4H2,1-2H3/t9-;7-;;/m10../s1. The van der Waals surface area contributed by atoms with Crippen LogP contribution in [0.2, 0.25) is 0 Å². The third-order valence-electron chi connectivity index (χ3n) is 5.41. The normalized spacial score (nSPS) is 12.6. The van der Waals surface area contributed by atoms with Gasteiger partial charge in [-0.05, 0) is 44.4 Å². The van der Waals surface area contributed by atoms with Crippen molar-refractivity contribution < 1.29 is 31.2 Å². The highest BCUT2D eigenvalue weighted by Gasteiger charge is 2.14. The molecular weight excluding hydrogens is 603 g/mol. The lowest BCUT2D eigenvalue weighted by Crippen LogP contribution is -2.31. The van der Waals surface area contributed by atoms with Crippen molar-refractivity contribution in [2.24, 2.45) is 11.5 Å². The van der Waals surface area contributed by atoms with Gasteiger partial charge >= 0.3 is 5.97 Å². The largest absolute Gasteiger partial charge is 0.465 e. The van der Waals surface area contributed by atoms with Gasteiger partial charge < -0.3 is 21.5 Å². The van der Waals surface area contributed by atoms with Gasteiger partial charge in [0.2, 0.25) is 5.91 Å². The van der Waals surface area contributed by atoms with E-state index in [0.717, 1.165) is 18.1 Å². The Kier molecular flexibility index (Phi) is 19.5. The van der Waals surface area contributed by atoms with Crippen LogP contribution in [-0.4, -0.2) is 59.3 Å². The van der Waals surface area contributed by atoms with Gasteiger partial charge in [0.25, 0.3) is 0 Å². The Morgan fingerprint density at radius 1 is 0.659 bits per heavy atom. The molecule has 0 aliphatic carbocycles. The van der Waals surface area contributed by atoms with Crippen molar-refractivity contribution in [2.45, 2.75) is 45.8 Å². The first kappa shape index (κ1) is 40.4. The van der Waals surface area contributed by atoms with E-state index in [1.807, 2.05) is 112 Å². The maximum Gasteiger partial charge on any atom is 0.321 e. The fraction of sp³-hybridized carbons (Fsp3) is 0.375. The van der Waals surface area contributed by atoms with Crippen LogP contribution >= 0.6 is 0 Å². The predicted octanol–water partition coefficient (Wildman–Crippen LogP) is 3.92. The second kappa shape index (κ2) is 21.2. The van der Waals surface area contributed by atoms with Crippen molar-refractivity contribution in [2.75, 3.05) is 30.6 Å². The molecule has 3 rings (SSSR count). The quantitative estimate of drug-likeness (QED) is 0.290. The van der Waals surface area contributed by atoms with Crippen molar-refractivity contribution in [1.82, 2.24) is 5.32 Å². The van der Waals surface area contributed by atoms with Crippen LogP contribution in [0.5, 0.6) is 0 Å². The molecule has 1 unspecified atom stereocenters. The third kappa shape index (κ3) is 22.0. The molecule has 0 bridgehead atoms. The lowest BCUT2D eigenvalue weighted by molar-refractivity contribution is -0.140. The van der Waals surface area contributed by atoms with Gasteiger partial charge in [-0.2, -0.15) is 0 Å². The number of amides is 1. The minimum absolute atomic E-state index is 0.159. The molecule has 0 aromatic heterocycles. The van der Waals surface area contributed by atoms with Crippen molar-refractivity contribution in [3.8, 4) is 0 Å². The average Bonchev–Trinajstić information content (AvgIpc) is 2.93. The maximum atomic E-state index is 11.4. The van der Waals surface area contributed by atoms with E-state index in [9.17, 15) is 26.4 Å². The number of esters is 1. The topological polar surface area (TPSA) is 176 Å². The van der Waals surface area contributed by atoms with Gasteiger partial charge in [-0.3, -0.25) is 9.59 Å². The van der Waals surface area contributed by atoms with E-state index in [2.05, 4.69) is 10.1 Å². The van der Waals surface area contributed by atoms with Crippen LogP contribution in [0, 0.1) is 0 Å². The molecule has 0 spiro atoms. The Morgan fingerprint density at radius 3 is 1.27 bits per heavy atom. The Bertz CT molecular complexity index is 1390. The van der Waals surface area contributed by atoms with E-state index >= 15 is 0 Å². The summed E-state index contributed by atoms with van der Waals surface area (Å²) in [6.07, 6.45) is 2.03. The molecule has 44 heavy (non-hydrogen) atoms. The number of rotatable bonds is 9. The molecule has 0 aliphatic rings. The number of ether oxygens (including phenoxy) is 1. The van der Waals surface area contributed by atoms with Gasteiger partial charge in [0.05, 0.1) is 12.6 Å². The number of hydrogen-bond donors (Lipinski definition) is 3. The van der Waals surface area contributed by atoms with Crippen LogP contribution in [0.15, 0.2) is 91.0 Å². The minimum atomic E-state index is -3.26. The van der Waals surface area contributed by atoms with E-state index < -0.39 is 43.1 Å². The summed E-state index contributed by atoms with van der Waals surface area (Å²) >= 11 is 0. The maximum absolute atomic E-state index is 11.4. The molecular formula is C32H47N3O7S2. The van der Waals surface area contributed by atoms with Crippen LogP contribution in [0.25, 0.3) is 0 Å². The second-order valence-electron chi connectivity index (χ2n) is 10.0. The Hall–Kier alpha value is -3.58. The van der Waals surface area contributed by atoms with Gasteiger partial charge in [-0.1, -0.05) is 91.0 Å². The lowest BCUT2D eigenvalue weighted by Gasteiger charge is -2.13. The van der Waals surface area contributed by atoms with Crippen molar-refractivity contribution >= 4 is 31.6 Å². The Labute approximate surface area is 263 Å². The monoisotopic (exact) mass is 649 g/mol. The van der Waals surface area contributed by atoms with Gasteiger partial charge in [-0.15, -0.1) is 0 Å². The molecule has 0 saturated carbocycles. The van der Waals surface area contributed by atoms with Crippen LogP contribution in [0.3, 0.4) is 0 Å². The summed E-state index contributed by atoms with van der Waals surface area (Å²) in [5, 5.41) is 2.63. The molecule has 3 aromatic rings. The zero-order chi connectivity index (χ0) is 33.8. The minimum Gasteiger partial charge on any atom is -0.465 e. The van der Waals surface area contributed by atoms with E-state index in [-0.39, 0.29) is 24.7 Å². The van der Waals surface area contributed by atoms with E-state index in [1.54, 1.807) is 6.92 Å². The fourth-order valence-corrected chi connectivity index (χ4v) is 4.35. The Morgan fingerprint density at radius 2 is 1.00 bits per heavy atom. The van der Waals surface area contributed by atoms with E-state index in [4.69, 9.17) is 11.5 Å². The molecule has 5 N–H and O–H groups in total. The van der Waals surface area contributed by atoms with Crippen LogP contribution in [0.4, 0.5) is 0 Å². The first-order valence-electron chi connectivity index (χ1n) is 13.9. The highest BCUT2D eigenvalue weighted by Crippen LogP contribution is 2.11. The number of hydrogen-bond acceptors (Lipinski definition) is 9. The van der Waals surface area contributed by atoms with Gasteiger partial charge in [0.1, 0.15) is 11.5 Å². The number of sulfone groups is 2. The van der Waals surface area contributed by atoms with Crippen LogP contribution in [-0.2, 0) is 34.0 Å². The third-order valence-corrected chi connectivity index (χ3v) is 6.95. The number of carbonyl (C=O) groups is 2. The average molecular weight is 650 g/mol. The summed E-state index contributed by atoms with van der Waals surface area (Å²) in [7, 11) is -6.48. The molecule has 0 fully saturated rings. The lowest BCUT2D eigenvalue weighted by atomic mass is 10.1. The second-order valence-corrected chi connectivity index (χ2v) is 14.3. The van der Waals surface area contributed by atoms with Gasteiger partial charge in [-0.25, -0.2) is 16.8 Å². The van der Waals surface area contributed by atoms with Gasteiger partial charge in [0, 0.05) is 24.6 Å². The molecule has 10 nitrogen and oxygen atoms in total. The summed E-state index contributed by atoms with van der Waals surface area (Å²) in [5.41, 5.74) is 14.6. The number of nitrogens with one attached hydrogen (secondary N) is 1. The molecule has 1 amide bonds. The molecule has 0 aliphatic heterocycles. The van der Waals surface area contributed by atoms with Crippen molar-refractivity contribution in [3.05, 3.63) is 108 Å². The molecule has 3 atom stereocenters. The molecule has 0 saturated heterocycles. The summed E-state index contributed by atoms with van der Waals surface area (Å²) in [5.74, 6) is -2.16. The van der Waals surface area contributed by atoms with Gasteiger partial charge in [0.15, 0.2) is 19.7 Å². The number of nitrogens with two attached hydrogens (primary N) is 2. The van der Waals surface area contributed by atoms with E-state index in [1.165, 1.54) is 11.1 Å². The fourth-order valence-electron chi connectivity index (χ4n) is 3.28. The molecule has 12 heteroatoms. The molecule has 0 radical (unpaired) electrons. The molecule has 3 aromatic carbocycles. The summed E-state index contributed by atoms with van der Waals surface area (Å²) in [6.45, 7) is 7.62. The highest BCUT2D eigenvalue weighted by atomic mass is 32.2. The summed E-state index contributed by atoms with van der Waals surface area (Å²) in [4.78, 5) is 21.8. The number of benzene rings is 3. The van der Waals surface area contributed by atoms with Crippen LogP contribution in [0.1, 0.15) is 62.5 Å². The van der Waals surface area contributed by atoms with Crippen molar-refractivity contribution in [1.29, 1.82) is 0 Å². The van der Waals surface area contributed by atoms with E-state index in [0.29, 0.717) is 0 Å². The zero-order valence-electron chi connectivity index (χ0n) is 26.3. The summed E-state index contributed by atoms with van der Waals surface area (Å²) in [6, 6.07) is 29.6.